The van der Waals surface area contributed by atoms with Crippen LogP contribution >= 0.6 is 0 Å². The zero-order valence-corrected chi connectivity index (χ0v) is 9.02. The molecule has 1 aliphatic carbocycles. The molecular weight excluding hydrogens is 162 g/mol. The van der Waals surface area contributed by atoms with Gasteiger partial charge in [0, 0.05) is 5.54 Å². The minimum absolute atomic E-state index is 0.0156. The summed E-state index contributed by atoms with van der Waals surface area (Å²) in [4.78, 5) is 0. The lowest BCUT2D eigenvalue weighted by molar-refractivity contribution is -0.0765. The summed E-state index contributed by atoms with van der Waals surface area (Å²) < 4.78 is 6.00. The van der Waals surface area contributed by atoms with E-state index in [9.17, 15) is 0 Å². The lowest BCUT2D eigenvalue weighted by Gasteiger charge is -2.39. The SMILES string of the molecule is C[C@H]1CCCC[C@]12NC(C)(C)CO2. The van der Waals surface area contributed by atoms with Gasteiger partial charge in [-0.3, -0.25) is 5.32 Å². The van der Waals surface area contributed by atoms with Crippen molar-refractivity contribution in [2.24, 2.45) is 5.92 Å². The van der Waals surface area contributed by atoms with Crippen molar-refractivity contribution in [3.63, 3.8) is 0 Å². The second-order valence-electron chi connectivity index (χ2n) is 5.33. The number of ether oxygens (including phenoxy) is 1. The molecule has 2 atom stereocenters. The summed E-state index contributed by atoms with van der Waals surface area (Å²) in [6.07, 6.45) is 5.18. The molecule has 2 rings (SSSR count). The Labute approximate surface area is 81.0 Å². The molecule has 13 heavy (non-hydrogen) atoms. The monoisotopic (exact) mass is 183 g/mol. The third-order valence-corrected chi connectivity index (χ3v) is 3.47. The Morgan fingerprint density at radius 1 is 1.31 bits per heavy atom. The molecule has 2 heteroatoms. The summed E-state index contributed by atoms with van der Waals surface area (Å²) in [6, 6.07) is 0. The van der Waals surface area contributed by atoms with E-state index in [1.807, 2.05) is 0 Å². The smallest absolute Gasteiger partial charge is 0.122 e. The molecule has 2 aliphatic rings. The van der Waals surface area contributed by atoms with E-state index >= 15 is 0 Å². The fraction of sp³-hybridized carbons (Fsp3) is 1.00. The highest BCUT2D eigenvalue weighted by Gasteiger charge is 2.47. The van der Waals surface area contributed by atoms with E-state index in [1.54, 1.807) is 0 Å². The van der Waals surface area contributed by atoms with Crippen LogP contribution < -0.4 is 5.32 Å². The fourth-order valence-electron chi connectivity index (χ4n) is 2.67. The van der Waals surface area contributed by atoms with Crippen LogP contribution in [-0.2, 0) is 4.74 Å². The van der Waals surface area contributed by atoms with Crippen molar-refractivity contribution < 1.29 is 4.74 Å². The normalized spacial score (nSPS) is 44.1. The molecule has 0 unspecified atom stereocenters. The van der Waals surface area contributed by atoms with E-state index in [1.165, 1.54) is 25.7 Å². The average molecular weight is 183 g/mol. The summed E-state index contributed by atoms with van der Waals surface area (Å²) in [7, 11) is 0. The predicted molar refractivity (Wildman–Crippen MR) is 53.5 cm³/mol. The van der Waals surface area contributed by atoms with Gasteiger partial charge in [-0.15, -0.1) is 0 Å². The largest absolute Gasteiger partial charge is 0.358 e. The fourth-order valence-corrected chi connectivity index (χ4v) is 2.67. The highest BCUT2D eigenvalue weighted by Crippen LogP contribution is 2.39. The maximum absolute atomic E-state index is 6.00. The Balaban J connectivity index is 2.12. The Hall–Kier alpha value is -0.0800. The molecular formula is C11H21NO. The first kappa shape index (κ1) is 9.47. The molecule has 1 saturated heterocycles. The minimum Gasteiger partial charge on any atom is -0.358 e. The Morgan fingerprint density at radius 2 is 2.08 bits per heavy atom. The van der Waals surface area contributed by atoms with Crippen molar-refractivity contribution in [3.8, 4) is 0 Å². The lowest BCUT2D eigenvalue weighted by Crippen LogP contribution is -2.53. The van der Waals surface area contributed by atoms with E-state index in [2.05, 4.69) is 26.1 Å². The standard InChI is InChI=1S/C11H21NO/c1-9-6-4-5-7-11(9)12-10(2,3)8-13-11/h9,12H,4-8H2,1-3H3/t9-,11+/m0/s1. The Kier molecular flexibility index (Phi) is 2.16. The van der Waals surface area contributed by atoms with Gasteiger partial charge in [-0.2, -0.15) is 0 Å². The molecule has 0 amide bonds. The van der Waals surface area contributed by atoms with Gasteiger partial charge in [-0.05, 0) is 39.0 Å². The number of hydrogen-bond acceptors (Lipinski definition) is 2. The maximum Gasteiger partial charge on any atom is 0.122 e. The average Bonchev–Trinajstić information content (AvgIpc) is 2.35. The van der Waals surface area contributed by atoms with Crippen LogP contribution in [-0.4, -0.2) is 17.9 Å². The first-order valence-electron chi connectivity index (χ1n) is 5.47. The van der Waals surface area contributed by atoms with Crippen LogP contribution in [0.4, 0.5) is 0 Å². The highest BCUT2D eigenvalue weighted by molar-refractivity contribution is 4.98. The minimum atomic E-state index is 0.0156. The molecule has 1 N–H and O–H groups in total. The third kappa shape index (κ3) is 1.62. The zero-order chi connectivity index (χ0) is 9.53. The summed E-state index contributed by atoms with van der Waals surface area (Å²) in [5, 5.41) is 3.67. The molecule has 0 aromatic carbocycles. The molecule has 2 fully saturated rings. The van der Waals surface area contributed by atoms with E-state index in [4.69, 9.17) is 4.74 Å². The Bertz CT molecular complexity index is 202. The molecule has 0 radical (unpaired) electrons. The van der Waals surface area contributed by atoms with Crippen LogP contribution in [0.15, 0.2) is 0 Å². The molecule has 1 saturated carbocycles. The van der Waals surface area contributed by atoms with E-state index < -0.39 is 0 Å². The van der Waals surface area contributed by atoms with Crippen molar-refractivity contribution in [2.75, 3.05) is 6.61 Å². The van der Waals surface area contributed by atoms with Crippen molar-refractivity contribution in [1.82, 2.24) is 5.32 Å². The number of nitrogens with one attached hydrogen (secondary N) is 1. The molecule has 0 aromatic heterocycles. The first-order valence-corrected chi connectivity index (χ1v) is 5.47. The van der Waals surface area contributed by atoms with Crippen LogP contribution in [0.2, 0.25) is 0 Å². The van der Waals surface area contributed by atoms with Crippen LogP contribution in [0.5, 0.6) is 0 Å². The summed E-state index contributed by atoms with van der Waals surface area (Å²) in [6.45, 7) is 7.62. The number of hydrogen-bond donors (Lipinski definition) is 1. The van der Waals surface area contributed by atoms with E-state index in [0.29, 0.717) is 5.92 Å². The van der Waals surface area contributed by atoms with Gasteiger partial charge in [-0.1, -0.05) is 13.3 Å². The van der Waals surface area contributed by atoms with Gasteiger partial charge in [-0.25, -0.2) is 0 Å². The van der Waals surface area contributed by atoms with Crippen molar-refractivity contribution >= 4 is 0 Å². The zero-order valence-electron chi connectivity index (χ0n) is 9.02. The lowest BCUT2D eigenvalue weighted by atomic mass is 9.82. The van der Waals surface area contributed by atoms with Gasteiger partial charge >= 0.3 is 0 Å². The molecule has 1 heterocycles. The summed E-state index contributed by atoms with van der Waals surface area (Å²) in [5.74, 6) is 0.669. The molecule has 0 bridgehead atoms. The molecule has 2 nitrogen and oxygen atoms in total. The van der Waals surface area contributed by atoms with Gasteiger partial charge in [0.05, 0.1) is 6.61 Å². The van der Waals surface area contributed by atoms with Gasteiger partial charge in [0.1, 0.15) is 5.72 Å². The van der Waals surface area contributed by atoms with Crippen LogP contribution in [0, 0.1) is 5.92 Å². The van der Waals surface area contributed by atoms with Gasteiger partial charge in [0.25, 0.3) is 0 Å². The van der Waals surface area contributed by atoms with Gasteiger partial charge < -0.3 is 4.74 Å². The van der Waals surface area contributed by atoms with E-state index in [0.717, 1.165) is 6.61 Å². The first-order chi connectivity index (χ1) is 6.04. The summed E-state index contributed by atoms with van der Waals surface area (Å²) in [5.41, 5.74) is 0.188. The molecule has 0 aromatic rings. The second-order valence-corrected chi connectivity index (χ2v) is 5.33. The quantitative estimate of drug-likeness (QED) is 0.622. The second kappa shape index (κ2) is 2.96. The maximum atomic E-state index is 6.00. The van der Waals surface area contributed by atoms with Crippen molar-refractivity contribution in [1.29, 1.82) is 0 Å². The van der Waals surface area contributed by atoms with Crippen molar-refractivity contribution in [2.45, 2.75) is 57.7 Å². The van der Waals surface area contributed by atoms with Gasteiger partial charge in [0.15, 0.2) is 0 Å². The van der Waals surface area contributed by atoms with Crippen LogP contribution in [0.25, 0.3) is 0 Å². The Morgan fingerprint density at radius 3 is 2.62 bits per heavy atom. The van der Waals surface area contributed by atoms with Crippen molar-refractivity contribution in [3.05, 3.63) is 0 Å². The molecule has 1 spiro atoms. The van der Waals surface area contributed by atoms with E-state index in [-0.39, 0.29) is 11.3 Å². The molecule has 1 aliphatic heterocycles. The molecule has 76 valence electrons. The highest BCUT2D eigenvalue weighted by atomic mass is 16.5. The van der Waals surface area contributed by atoms with Crippen LogP contribution in [0.3, 0.4) is 0 Å². The summed E-state index contributed by atoms with van der Waals surface area (Å²) >= 11 is 0. The number of rotatable bonds is 0. The third-order valence-electron chi connectivity index (χ3n) is 3.47. The van der Waals surface area contributed by atoms with Gasteiger partial charge in [0.2, 0.25) is 0 Å². The predicted octanol–water partition coefficient (Wildman–Crippen LogP) is 2.29. The van der Waals surface area contributed by atoms with Crippen LogP contribution in [0.1, 0.15) is 46.5 Å². The topological polar surface area (TPSA) is 21.3 Å².